The van der Waals surface area contributed by atoms with Gasteiger partial charge in [0.1, 0.15) is 11.9 Å². The molecule has 0 aliphatic carbocycles. The van der Waals surface area contributed by atoms with E-state index in [4.69, 9.17) is 20.9 Å². The van der Waals surface area contributed by atoms with Gasteiger partial charge >= 0.3 is 0 Å². The first kappa shape index (κ1) is 27.4. The summed E-state index contributed by atoms with van der Waals surface area (Å²) in [6.45, 7) is 0.405. The van der Waals surface area contributed by atoms with E-state index in [1.54, 1.807) is 0 Å². The molecule has 0 spiro atoms. The summed E-state index contributed by atoms with van der Waals surface area (Å²) in [5.41, 5.74) is 16.1. The fourth-order valence-electron chi connectivity index (χ4n) is 3.78. The van der Waals surface area contributed by atoms with Gasteiger partial charge in [-0.25, -0.2) is 4.39 Å². The maximum atomic E-state index is 13.1. The van der Waals surface area contributed by atoms with Crippen molar-refractivity contribution in [3.05, 3.63) is 101 Å². The van der Waals surface area contributed by atoms with E-state index in [2.05, 4.69) is 17.4 Å². The number of aliphatic hydroxyl groups excluding tert-OH is 1. The first-order chi connectivity index (χ1) is 17.4. The summed E-state index contributed by atoms with van der Waals surface area (Å²) in [4.78, 5) is 12.5. The molecule has 3 rings (SSSR count). The highest BCUT2D eigenvalue weighted by Crippen LogP contribution is 2.18. The predicted octanol–water partition coefficient (Wildman–Crippen LogP) is 3.32. The monoisotopic (exact) mass is 495 g/mol. The Morgan fingerprint density at radius 1 is 1.00 bits per heavy atom. The second-order valence-electron chi connectivity index (χ2n) is 8.74. The Balaban J connectivity index is 1.45. The van der Waals surface area contributed by atoms with E-state index in [9.17, 15) is 14.3 Å². The summed E-state index contributed by atoms with van der Waals surface area (Å²) in [5, 5.41) is 13.1. The average molecular weight is 496 g/mol. The van der Waals surface area contributed by atoms with Crippen LogP contribution in [0.4, 0.5) is 10.1 Å². The lowest BCUT2D eigenvalue weighted by molar-refractivity contribution is -0.127. The van der Waals surface area contributed by atoms with Gasteiger partial charge in [0.2, 0.25) is 0 Å². The lowest BCUT2D eigenvalue weighted by Crippen LogP contribution is -2.43. The Morgan fingerprint density at radius 2 is 1.69 bits per heavy atom. The predicted molar refractivity (Wildman–Crippen MR) is 138 cm³/mol. The highest BCUT2D eigenvalue weighted by Gasteiger charge is 2.25. The molecule has 1 amide bonds. The van der Waals surface area contributed by atoms with Crippen molar-refractivity contribution in [2.45, 2.75) is 43.7 Å². The molecule has 0 saturated carbocycles. The maximum Gasteiger partial charge on any atom is 0.253 e. The standard InChI is InChI=1S/C28H34FN3O4/c1-35-27(28(34)32-23-12-10-22(29)11-13-23)16-26(33)25(31)18-36-17-20-8-5-9-21(14-20)24(30)15-19-6-3-2-4-7-19/h2-14,24-27,33H,15-18,30-31H2,1H3,(H,32,34)/t24?,25-,26-,27+/m0/s1. The number of halogens is 1. The van der Waals surface area contributed by atoms with Crippen LogP contribution in [-0.4, -0.2) is 43.0 Å². The minimum absolute atomic E-state index is 0.0160. The number of methoxy groups -OCH3 is 1. The molecule has 0 aromatic heterocycles. The smallest absolute Gasteiger partial charge is 0.253 e. The molecular formula is C28H34FN3O4. The van der Waals surface area contributed by atoms with Gasteiger partial charge in [-0.15, -0.1) is 0 Å². The van der Waals surface area contributed by atoms with Gasteiger partial charge in [-0.05, 0) is 47.4 Å². The number of ether oxygens (including phenoxy) is 2. The molecule has 6 N–H and O–H groups in total. The number of hydrogen-bond donors (Lipinski definition) is 4. The van der Waals surface area contributed by atoms with Crippen molar-refractivity contribution < 1.29 is 23.8 Å². The minimum atomic E-state index is -1.03. The quantitative estimate of drug-likeness (QED) is 0.289. The van der Waals surface area contributed by atoms with E-state index < -0.39 is 30.0 Å². The van der Waals surface area contributed by atoms with Crippen molar-refractivity contribution in [3.8, 4) is 0 Å². The Hall–Kier alpha value is -3.14. The third-order valence-corrected chi connectivity index (χ3v) is 5.90. The van der Waals surface area contributed by atoms with Crippen molar-refractivity contribution in [2.75, 3.05) is 19.0 Å². The first-order valence-corrected chi connectivity index (χ1v) is 11.8. The van der Waals surface area contributed by atoms with Gasteiger partial charge in [0.25, 0.3) is 5.91 Å². The molecule has 0 bridgehead atoms. The van der Waals surface area contributed by atoms with Gasteiger partial charge in [0, 0.05) is 25.3 Å². The molecule has 4 atom stereocenters. The molecule has 0 aliphatic heterocycles. The van der Waals surface area contributed by atoms with Crippen LogP contribution in [0, 0.1) is 5.82 Å². The topological polar surface area (TPSA) is 120 Å². The van der Waals surface area contributed by atoms with Crippen LogP contribution in [0.3, 0.4) is 0 Å². The largest absolute Gasteiger partial charge is 0.391 e. The van der Waals surface area contributed by atoms with Crippen LogP contribution in [0.1, 0.15) is 29.2 Å². The molecular weight excluding hydrogens is 461 g/mol. The summed E-state index contributed by atoms with van der Waals surface area (Å²) in [6.07, 6.45) is -1.24. The molecule has 7 nitrogen and oxygen atoms in total. The maximum absolute atomic E-state index is 13.1. The molecule has 0 aliphatic rings. The van der Waals surface area contributed by atoms with E-state index in [1.807, 2.05) is 42.5 Å². The third-order valence-electron chi connectivity index (χ3n) is 5.90. The van der Waals surface area contributed by atoms with Gasteiger partial charge < -0.3 is 31.4 Å². The van der Waals surface area contributed by atoms with E-state index in [0.29, 0.717) is 12.3 Å². The second kappa shape index (κ2) is 13.8. The molecule has 8 heteroatoms. The minimum Gasteiger partial charge on any atom is -0.391 e. The molecule has 36 heavy (non-hydrogen) atoms. The number of carbonyl (C=O) groups is 1. The Kier molecular flexibility index (Phi) is 10.5. The van der Waals surface area contributed by atoms with Crippen LogP contribution in [0.5, 0.6) is 0 Å². The summed E-state index contributed by atoms with van der Waals surface area (Å²) < 4.78 is 24.0. The van der Waals surface area contributed by atoms with Crippen molar-refractivity contribution in [2.24, 2.45) is 11.5 Å². The normalized spacial score (nSPS) is 14.6. The van der Waals surface area contributed by atoms with Gasteiger partial charge in [-0.2, -0.15) is 0 Å². The fraction of sp³-hybridized carbons (Fsp3) is 0.321. The summed E-state index contributed by atoms with van der Waals surface area (Å²) in [5.74, 6) is -0.862. The number of rotatable bonds is 13. The van der Waals surface area contributed by atoms with E-state index >= 15 is 0 Å². The van der Waals surface area contributed by atoms with E-state index in [-0.39, 0.29) is 19.1 Å². The molecule has 1 unspecified atom stereocenters. The van der Waals surface area contributed by atoms with Gasteiger partial charge in [-0.1, -0.05) is 54.6 Å². The molecule has 3 aromatic rings. The Bertz CT molecular complexity index is 1080. The third kappa shape index (κ3) is 8.51. The lowest BCUT2D eigenvalue weighted by Gasteiger charge is -2.23. The SMILES string of the molecule is CO[C@H](C[C@H](O)[C@@H](N)COCc1cccc(C(N)Cc2ccccc2)c1)C(=O)Nc1ccc(F)cc1. The molecule has 192 valence electrons. The van der Waals surface area contributed by atoms with Crippen LogP contribution in [0.25, 0.3) is 0 Å². The van der Waals surface area contributed by atoms with Gasteiger partial charge in [0.05, 0.1) is 25.4 Å². The number of hydrogen-bond acceptors (Lipinski definition) is 6. The number of nitrogens with one attached hydrogen (secondary N) is 1. The van der Waals surface area contributed by atoms with Crippen molar-refractivity contribution >= 4 is 11.6 Å². The Morgan fingerprint density at radius 3 is 2.39 bits per heavy atom. The van der Waals surface area contributed by atoms with Crippen LogP contribution in [0.15, 0.2) is 78.9 Å². The van der Waals surface area contributed by atoms with Crippen molar-refractivity contribution in [1.29, 1.82) is 0 Å². The first-order valence-electron chi connectivity index (χ1n) is 11.8. The fourth-order valence-corrected chi connectivity index (χ4v) is 3.78. The van der Waals surface area contributed by atoms with Crippen LogP contribution < -0.4 is 16.8 Å². The number of benzene rings is 3. The van der Waals surface area contributed by atoms with Crippen LogP contribution in [-0.2, 0) is 27.3 Å². The zero-order chi connectivity index (χ0) is 25.9. The molecule has 0 radical (unpaired) electrons. The lowest BCUT2D eigenvalue weighted by atomic mass is 9.98. The zero-order valence-corrected chi connectivity index (χ0v) is 20.3. The average Bonchev–Trinajstić information content (AvgIpc) is 2.89. The molecule has 3 aromatic carbocycles. The summed E-state index contributed by atoms with van der Waals surface area (Å²) >= 11 is 0. The number of anilines is 1. The van der Waals surface area contributed by atoms with Gasteiger partial charge in [0.15, 0.2) is 0 Å². The number of nitrogens with two attached hydrogens (primary N) is 2. The Labute approximate surface area is 211 Å². The number of carbonyl (C=O) groups excluding carboxylic acids is 1. The van der Waals surface area contributed by atoms with Crippen molar-refractivity contribution in [1.82, 2.24) is 0 Å². The number of aliphatic hydroxyl groups is 1. The van der Waals surface area contributed by atoms with Crippen molar-refractivity contribution in [3.63, 3.8) is 0 Å². The second-order valence-corrected chi connectivity index (χ2v) is 8.74. The summed E-state index contributed by atoms with van der Waals surface area (Å²) in [7, 11) is 1.37. The summed E-state index contributed by atoms with van der Waals surface area (Å²) in [6, 6.07) is 22.5. The highest BCUT2D eigenvalue weighted by molar-refractivity contribution is 5.94. The van der Waals surface area contributed by atoms with Crippen LogP contribution >= 0.6 is 0 Å². The molecule has 0 heterocycles. The van der Waals surface area contributed by atoms with E-state index in [0.717, 1.165) is 17.5 Å². The molecule has 0 fully saturated rings. The van der Waals surface area contributed by atoms with Gasteiger partial charge in [-0.3, -0.25) is 4.79 Å². The van der Waals surface area contributed by atoms with E-state index in [1.165, 1.54) is 36.9 Å². The van der Waals surface area contributed by atoms with Crippen LogP contribution in [0.2, 0.25) is 0 Å². The highest BCUT2D eigenvalue weighted by atomic mass is 19.1. The molecule has 0 saturated heterocycles. The zero-order valence-electron chi connectivity index (χ0n) is 20.3. The number of amides is 1.